The van der Waals surface area contributed by atoms with Gasteiger partial charge in [0, 0.05) is 19.6 Å². The molecule has 244 valence electrons. The monoisotopic (exact) mass is 632 g/mol. The van der Waals surface area contributed by atoms with Gasteiger partial charge in [-0.05, 0) is 91.0 Å². The molecule has 4 aromatic carbocycles. The Balaban J connectivity index is 1.24. The van der Waals surface area contributed by atoms with Crippen molar-refractivity contribution in [2.75, 3.05) is 40.3 Å². The highest BCUT2D eigenvalue weighted by Crippen LogP contribution is 2.36. The van der Waals surface area contributed by atoms with Crippen LogP contribution in [0.15, 0.2) is 109 Å². The number of likely N-dealkylation sites (tertiary alicyclic amines) is 1. The molecule has 5 rings (SSSR count). The van der Waals surface area contributed by atoms with Gasteiger partial charge in [-0.15, -0.1) is 0 Å². The van der Waals surface area contributed by atoms with Gasteiger partial charge in [-0.25, -0.2) is 4.79 Å². The summed E-state index contributed by atoms with van der Waals surface area (Å²) in [6.45, 7) is 4.79. The van der Waals surface area contributed by atoms with Crippen LogP contribution in [-0.4, -0.2) is 62.2 Å². The number of piperidine rings is 1. The molecule has 0 aromatic heterocycles. The number of hydrogen-bond donors (Lipinski definition) is 0. The standard InChI is InChI=1S/C40H44N2O5/c1-4-37(31-13-9-6-10-14-31)38(32-15-19-35(20-16-32)45-28-27-41(2)3)33-17-21-36(22-18-33)47-39(43)34-23-25-42(26-24-34)40(44)46-29-30-11-7-5-8-12-30/h5-22,34H,4,23-29H2,1-3H3/b38-37+. The van der Waals surface area contributed by atoms with Crippen LogP contribution < -0.4 is 9.47 Å². The Morgan fingerprint density at radius 1 is 0.745 bits per heavy atom. The Morgan fingerprint density at radius 2 is 1.32 bits per heavy atom. The lowest BCUT2D eigenvalue weighted by molar-refractivity contribution is -0.140. The van der Waals surface area contributed by atoms with Gasteiger partial charge in [-0.2, -0.15) is 0 Å². The number of benzene rings is 4. The molecule has 1 amide bonds. The van der Waals surface area contributed by atoms with Crippen LogP contribution in [-0.2, 0) is 16.1 Å². The second kappa shape index (κ2) is 16.6. The van der Waals surface area contributed by atoms with E-state index in [-0.39, 0.29) is 24.6 Å². The number of nitrogens with zero attached hydrogens (tertiary/aromatic N) is 2. The molecule has 0 bridgehead atoms. The van der Waals surface area contributed by atoms with Crippen LogP contribution in [0.3, 0.4) is 0 Å². The molecular formula is C40H44N2O5. The van der Waals surface area contributed by atoms with Crippen LogP contribution in [0.2, 0.25) is 0 Å². The van der Waals surface area contributed by atoms with E-state index < -0.39 is 0 Å². The van der Waals surface area contributed by atoms with Gasteiger partial charge in [-0.3, -0.25) is 4.79 Å². The molecule has 0 unspecified atom stereocenters. The molecule has 0 N–H and O–H groups in total. The third-order valence-corrected chi connectivity index (χ3v) is 8.38. The Kier molecular flexibility index (Phi) is 11.8. The quantitative estimate of drug-likeness (QED) is 0.0897. The van der Waals surface area contributed by atoms with E-state index in [0.717, 1.165) is 41.0 Å². The second-order valence-corrected chi connectivity index (χ2v) is 12.0. The summed E-state index contributed by atoms with van der Waals surface area (Å²) in [5, 5.41) is 0. The predicted molar refractivity (Wildman–Crippen MR) is 186 cm³/mol. The summed E-state index contributed by atoms with van der Waals surface area (Å²) in [7, 11) is 4.06. The number of ether oxygens (including phenoxy) is 3. The molecule has 1 aliphatic rings. The summed E-state index contributed by atoms with van der Waals surface area (Å²) in [5.74, 6) is 0.802. The summed E-state index contributed by atoms with van der Waals surface area (Å²) < 4.78 is 17.2. The number of hydrogen-bond acceptors (Lipinski definition) is 6. The van der Waals surface area contributed by atoms with Gasteiger partial charge in [0.1, 0.15) is 24.7 Å². The van der Waals surface area contributed by atoms with E-state index in [2.05, 4.69) is 48.2 Å². The topological polar surface area (TPSA) is 68.3 Å². The van der Waals surface area contributed by atoms with Crippen molar-refractivity contribution in [1.82, 2.24) is 9.80 Å². The maximum absolute atomic E-state index is 13.1. The van der Waals surface area contributed by atoms with E-state index in [1.807, 2.05) is 86.9 Å². The van der Waals surface area contributed by atoms with Crippen molar-refractivity contribution in [1.29, 1.82) is 0 Å². The maximum Gasteiger partial charge on any atom is 0.410 e. The summed E-state index contributed by atoms with van der Waals surface area (Å²) >= 11 is 0. The zero-order valence-electron chi connectivity index (χ0n) is 27.6. The first kappa shape index (κ1) is 33.5. The maximum atomic E-state index is 13.1. The van der Waals surface area contributed by atoms with Gasteiger partial charge in [0.15, 0.2) is 0 Å². The number of carbonyl (C=O) groups is 2. The van der Waals surface area contributed by atoms with Crippen molar-refractivity contribution >= 4 is 23.2 Å². The van der Waals surface area contributed by atoms with Gasteiger partial charge in [0.05, 0.1) is 5.92 Å². The van der Waals surface area contributed by atoms with Crippen molar-refractivity contribution in [2.24, 2.45) is 5.92 Å². The average molecular weight is 633 g/mol. The largest absolute Gasteiger partial charge is 0.492 e. The number of likely N-dealkylation sites (N-methyl/N-ethyl adjacent to an activating group) is 1. The molecular weight excluding hydrogens is 588 g/mol. The molecule has 0 aliphatic carbocycles. The fourth-order valence-electron chi connectivity index (χ4n) is 5.74. The number of carbonyl (C=O) groups excluding carboxylic acids is 2. The zero-order valence-corrected chi connectivity index (χ0v) is 27.6. The number of amides is 1. The zero-order chi connectivity index (χ0) is 33.0. The van der Waals surface area contributed by atoms with Crippen molar-refractivity contribution < 1.29 is 23.8 Å². The molecule has 7 heteroatoms. The highest BCUT2D eigenvalue weighted by molar-refractivity contribution is 5.98. The molecule has 0 saturated carbocycles. The number of esters is 1. The minimum Gasteiger partial charge on any atom is -0.492 e. The first-order valence-electron chi connectivity index (χ1n) is 16.4. The van der Waals surface area contributed by atoms with Gasteiger partial charge < -0.3 is 24.0 Å². The minimum atomic E-state index is -0.353. The van der Waals surface area contributed by atoms with Crippen LogP contribution in [0.4, 0.5) is 4.79 Å². The Hall–Kier alpha value is -4.88. The Bertz CT molecular complexity index is 1610. The Labute approximate surface area is 278 Å². The molecule has 7 nitrogen and oxygen atoms in total. The minimum absolute atomic E-state index is 0.233. The van der Waals surface area contributed by atoms with E-state index in [9.17, 15) is 9.59 Å². The lowest BCUT2D eigenvalue weighted by Crippen LogP contribution is -2.41. The first-order chi connectivity index (χ1) is 22.9. The second-order valence-electron chi connectivity index (χ2n) is 12.0. The van der Waals surface area contributed by atoms with Crippen LogP contribution in [0.1, 0.15) is 48.4 Å². The molecule has 1 fully saturated rings. The summed E-state index contributed by atoms with van der Waals surface area (Å²) in [6, 6.07) is 36.1. The van der Waals surface area contributed by atoms with Gasteiger partial charge in [0.2, 0.25) is 0 Å². The molecule has 1 saturated heterocycles. The normalized spacial score (nSPS) is 14.0. The van der Waals surface area contributed by atoms with Crippen LogP contribution in [0, 0.1) is 5.92 Å². The van der Waals surface area contributed by atoms with Gasteiger partial charge in [-0.1, -0.05) is 91.9 Å². The van der Waals surface area contributed by atoms with Gasteiger partial charge >= 0.3 is 12.1 Å². The fourth-order valence-corrected chi connectivity index (χ4v) is 5.74. The molecule has 1 aliphatic heterocycles. The lowest BCUT2D eigenvalue weighted by Gasteiger charge is -2.30. The molecule has 4 aromatic rings. The van der Waals surface area contributed by atoms with Gasteiger partial charge in [0.25, 0.3) is 0 Å². The van der Waals surface area contributed by atoms with Crippen molar-refractivity contribution in [3.63, 3.8) is 0 Å². The third kappa shape index (κ3) is 9.33. The van der Waals surface area contributed by atoms with Crippen molar-refractivity contribution in [3.8, 4) is 11.5 Å². The smallest absolute Gasteiger partial charge is 0.410 e. The predicted octanol–water partition coefficient (Wildman–Crippen LogP) is 7.95. The van der Waals surface area contributed by atoms with Crippen molar-refractivity contribution in [3.05, 3.63) is 131 Å². The van der Waals surface area contributed by atoms with Crippen LogP contribution >= 0.6 is 0 Å². The van der Waals surface area contributed by atoms with E-state index in [4.69, 9.17) is 14.2 Å². The highest BCUT2D eigenvalue weighted by atomic mass is 16.6. The summed E-state index contributed by atoms with van der Waals surface area (Å²) in [6.07, 6.45) is 1.57. The SMILES string of the molecule is CC/C(=C(/c1ccc(OCCN(C)C)cc1)c1ccc(OC(=O)C2CCN(C(=O)OCc3ccccc3)CC2)cc1)c1ccccc1. The lowest BCUT2D eigenvalue weighted by atomic mass is 9.88. The molecule has 0 spiro atoms. The van der Waals surface area contributed by atoms with Crippen LogP contribution in [0.25, 0.3) is 11.1 Å². The Morgan fingerprint density at radius 3 is 1.89 bits per heavy atom. The van der Waals surface area contributed by atoms with Crippen LogP contribution in [0.5, 0.6) is 11.5 Å². The summed E-state index contributed by atoms with van der Waals surface area (Å²) in [5.41, 5.74) is 6.59. The first-order valence-corrected chi connectivity index (χ1v) is 16.4. The van der Waals surface area contributed by atoms with E-state index >= 15 is 0 Å². The van der Waals surface area contributed by atoms with E-state index in [0.29, 0.717) is 38.3 Å². The number of rotatable bonds is 12. The average Bonchev–Trinajstić information content (AvgIpc) is 3.11. The molecule has 1 heterocycles. The van der Waals surface area contributed by atoms with Crippen molar-refractivity contribution in [2.45, 2.75) is 32.8 Å². The molecule has 47 heavy (non-hydrogen) atoms. The van der Waals surface area contributed by atoms with E-state index in [1.54, 1.807) is 4.90 Å². The highest BCUT2D eigenvalue weighted by Gasteiger charge is 2.29. The molecule has 0 radical (unpaired) electrons. The fraction of sp³-hybridized carbons (Fsp3) is 0.300. The molecule has 0 atom stereocenters. The van der Waals surface area contributed by atoms with E-state index in [1.165, 1.54) is 11.1 Å². The third-order valence-electron chi connectivity index (χ3n) is 8.38. The number of allylic oxidation sites excluding steroid dienone is 1. The summed E-state index contributed by atoms with van der Waals surface area (Å²) in [4.78, 5) is 29.4.